The van der Waals surface area contributed by atoms with E-state index in [4.69, 9.17) is 4.74 Å². The lowest BCUT2D eigenvalue weighted by molar-refractivity contribution is -0.108. The summed E-state index contributed by atoms with van der Waals surface area (Å²) in [5.74, 6) is -0.0406. The molecule has 0 unspecified atom stereocenters. The summed E-state index contributed by atoms with van der Waals surface area (Å²) in [5, 5.41) is 4.76. The van der Waals surface area contributed by atoms with Crippen LogP contribution in [0.15, 0.2) is 60.8 Å². The van der Waals surface area contributed by atoms with E-state index in [2.05, 4.69) is 10.3 Å². The van der Waals surface area contributed by atoms with Crippen molar-refractivity contribution in [3.8, 4) is 17.0 Å². The molecule has 2 heterocycles. The SMILES string of the molecule is COc1ccc2c(c1)C(=O)N(C[C@H](NC(=O)NC=O)c1ccc(-c3ncccc3F)cc1)C2. The summed E-state index contributed by atoms with van der Waals surface area (Å²) >= 11 is 0. The molecular weight excluding hydrogens is 427 g/mol. The van der Waals surface area contributed by atoms with Crippen LogP contribution < -0.4 is 15.4 Å². The molecule has 0 radical (unpaired) electrons. The fourth-order valence-electron chi connectivity index (χ4n) is 3.79. The fourth-order valence-corrected chi connectivity index (χ4v) is 3.79. The average molecular weight is 448 g/mol. The summed E-state index contributed by atoms with van der Waals surface area (Å²) in [7, 11) is 1.53. The van der Waals surface area contributed by atoms with Gasteiger partial charge in [0.25, 0.3) is 5.91 Å². The van der Waals surface area contributed by atoms with E-state index >= 15 is 0 Å². The number of hydrogen-bond acceptors (Lipinski definition) is 5. The van der Waals surface area contributed by atoms with E-state index < -0.39 is 17.9 Å². The van der Waals surface area contributed by atoms with Crippen LogP contribution in [0.4, 0.5) is 9.18 Å². The smallest absolute Gasteiger partial charge is 0.321 e. The molecular formula is C24H21FN4O4. The van der Waals surface area contributed by atoms with Crippen molar-refractivity contribution >= 4 is 18.3 Å². The minimum atomic E-state index is -0.694. The fraction of sp³-hybridized carbons (Fsp3) is 0.167. The molecule has 33 heavy (non-hydrogen) atoms. The van der Waals surface area contributed by atoms with Crippen molar-refractivity contribution in [2.24, 2.45) is 0 Å². The molecule has 1 aliphatic rings. The standard InChI is InChI=1S/C24H21FN4O4/c1-33-18-9-8-17-12-29(23(31)19(17)11-18)13-21(28-24(32)27-14-30)15-4-6-16(7-5-15)22-20(25)3-2-10-26-22/h2-11,14,21H,12-13H2,1H3,(H2,27,28,30,32)/t21-/m0/s1. The molecule has 8 nitrogen and oxygen atoms in total. The molecule has 0 fully saturated rings. The van der Waals surface area contributed by atoms with Gasteiger partial charge >= 0.3 is 6.03 Å². The third-order valence-corrected chi connectivity index (χ3v) is 5.44. The third kappa shape index (κ3) is 4.67. The number of halogens is 1. The maximum absolute atomic E-state index is 14.1. The van der Waals surface area contributed by atoms with E-state index in [-0.39, 0.29) is 24.6 Å². The van der Waals surface area contributed by atoms with Crippen molar-refractivity contribution in [1.29, 1.82) is 0 Å². The van der Waals surface area contributed by atoms with Gasteiger partial charge in [0.2, 0.25) is 6.41 Å². The zero-order valence-electron chi connectivity index (χ0n) is 17.7. The van der Waals surface area contributed by atoms with Crippen LogP contribution in [-0.2, 0) is 11.3 Å². The Morgan fingerprint density at radius 1 is 1.24 bits per heavy atom. The minimum absolute atomic E-state index is 0.166. The van der Waals surface area contributed by atoms with Gasteiger partial charge < -0.3 is 15.0 Å². The predicted molar refractivity (Wildman–Crippen MR) is 118 cm³/mol. The maximum atomic E-state index is 14.1. The molecule has 0 saturated heterocycles. The first-order chi connectivity index (χ1) is 16.0. The van der Waals surface area contributed by atoms with Gasteiger partial charge in [-0.25, -0.2) is 9.18 Å². The predicted octanol–water partition coefficient (Wildman–Crippen LogP) is 3.05. The second-order valence-corrected chi connectivity index (χ2v) is 7.45. The molecule has 0 saturated carbocycles. The minimum Gasteiger partial charge on any atom is -0.497 e. The van der Waals surface area contributed by atoms with E-state index in [0.717, 1.165) is 5.56 Å². The highest BCUT2D eigenvalue weighted by Gasteiger charge is 2.30. The van der Waals surface area contributed by atoms with Gasteiger partial charge in [-0.15, -0.1) is 0 Å². The topological polar surface area (TPSA) is 101 Å². The maximum Gasteiger partial charge on any atom is 0.321 e. The van der Waals surface area contributed by atoms with Crippen LogP contribution >= 0.6 is 0 Å². The van der Waals surface area contributed by atoms with Crippen molar-refractivity contribution < 1.29 is 23.5 Å². The first-order valence-electron chi connectivity index (χ1n) is 10.2. The molecule has 3 aromatic rings. The Balaban J connectivity index is 1.58. The van der Waals surface area contributed by atoms with Gasteiger partial charge in [0, 0.05) is 30.4 Å². The lowest BCUT2D eigenvalue weighted by Crippen LogP contribution is -2.42. The Bertz CT molecular complexity index is 1200. The molecule has 0 spiro atoms. The number of carbonyl (C=O) groups excluding carboxylic acids is 3. The van der Waals surface area contributed by atoms with Crippen LogP contribution in [0.1, 0.15) is 27.5 Å². The molecule has 0 aliphatic carbocycles. The number of methoxy groups -OCH3 is 1. The highest BCUT2D eigenvalue weighted by atomic mass is 19.1. The van der Waals surface area contributed by atoms with Crippen molar-refractivity contribution in [2.45, 2.75) is 12.6 Å². The molecule has 4 rings (SSSR count). The van der Waals surface area contributed by atoms with Gasteiger partial charge in [0.05, 0.1) is 13.2 Å². The van der Waals surface area contributed by atoms with E-state index in [1.807, 2.05) is 11.4 Å². The van der Waals surface area contributed by atoms with Crippen LogP contribution in [0.25, 0.3) is 11.3 Å². The summed E-state index contributed by atoms with van der Waals surface area (Å²) in [6.45, 7) is 0.544. The Labute approximate surface area is 189 Å². The molecule has 2 N–H and O–H groups in total. The number of imide groups is 1. The number of aromatic nitrogens is 1. The van der Waals surface area contributed by atoms with Crippen LogP contribution in [0.5, 0.6) is 5.75 Å². The highest BCUT2D eigenvalue weighted by Crippen LogP contribution is 2.29. The summed E-state index contributed by atoms with van der Waals surface area (Å²) in [4.78, 5) is 41.4. The van der Waals surface area contributed by atoms with Gasteiger partial charge in [0.15, 0.2) is 0 Å². The van der Waals surface area contributed by atoms with Gasteiger partial charge in [-0.2, -0.15) is 0 Å². The molecule has 9 heteroatoms. The molecule has 4 amide bonds. The normalized spacial score (nSPS) is 13.3. The van der Waals surface area contributed by atoms with Gasteiger partial charge in [0.1, 0.15) is 17.3 Å². The third-order valence-electron chi connectivity index (χ3n) is 5.44. The lowest BCUT2D eigenvalue weighted by Gasteiger charge is -2.25. The average Bonchev–Trinajstić information content (AvgIpc) is 3.13. The molecule has 0 bridgehead atoms. The number of ether oxygens (including phenoxy) is 1. The van der Waals surface area contributed by atoms with Crippen LogP contribution in [0.2, 0.25) is 0 Å². The number of hydrogen-bond donors (Lipinski definition) is 2. The number of benzene rings is 2. The van der Waals surface area contributed by atoms with Crippen molar-refractivity contribution in [3.63, 3.8) is 0 Å². The van der Waals surface area contributed by atoms with Crippen molar-refractivity contribution in [2.75, 3.05) is 13.7 Å². The highest BCUT2D eigenvalue weighted by molar-refractivity contribution is 5.98. The van der Waals surface area contributed by atoms with E-state index in [9.17, 15) is 18.8 Å². The summed E-state index contributed by atoms with van der Waals surface area (Å²) in [5.41, 5.74) is 2.87. The Hall–Kier alpha value is -4.27. The molecule has 1 aliphatic heterocycles. The first-order valence-corrected chi connectivity index (χ1v) is 10.2. The number of carbonyl (C=O) groups is 3. The van der Waals surface area contributed by atoms with Crippen molar-refractivity contribution in [3.05, 3.63) is 83.3 Å². The largest absolute Gasteiger partial charge is 0.497 e. The number of nitrogens with one attached hydrogen (secondary N) is 2. The molecule has 168 valence electrons. The number of urea groups is 1. The molecule has 1 atom stereocenters. The zero-order chi connectivity index (χ0) is 23.4. The summed E-state index contributed by atoms with van der Waals surface area (Å²) < 4.78 is 19.3. The monoisotopic (exact) mass is 448 g/mol. The van der Waals surface area contributed by atoms with Crippen LogP contribution in [-0.4, -0.2) is 41.9 Å². The Morgan fingerprint density at radius 3 is 2.73 bits per heavy atom. The Kier molecular flexibility index (Phi) is 6.30. The van der Waals surface area contributed by atoms with E-state index in [1.54, 1.807) is 41.3 Å². The number of amides is 4. The number of pyridine rings is 1. The Morgan fingerprint density at radius 2 is 2.03 bits per heavy atom. The van der Waals surface area contributed by atoms with Crippen LogP contribution in [0.3, 0.4) is 0 Å². The second kappa shape index (κ2) is 9.47. The molecule has 1 aromatic heterocycles. The second-order valence-electron chi connectivity index (χ2n) is 7.45. The van der Waals surface area contributed by atoms with E-state index in [0.29, 0.717) is 29.0 Å². The summed E-state index contributed by atoms with van der Waals surface area (Å²) in [6, 6.07) is 13.7. The number of rotatable bonds is 7. The summed E-state index contributed by atoms with van der Waals surface area (Å²) in [6.07, 6.45) is 1.79. The van der Waals surface area contributed by atoms with E-state index in [1.165, 1.54) is 25.4 Å². The quantitative estimate of drug-likeness (QED) is 0.541. The van der Waals surface area contributed by atoms with Crippen LogP contribution in [0, 0.1) is 5.82 Å². The van der Waals surface area contributed by atoms with Gasteiger partial charge in [-0.1, -0.05) is 30.3 Å². The zero-order valence-corrected chi connectivity index (χ0v) is 17.7. The number of nitrogens with zero attached hydrogens (tertiary/aromatic N) is 2. The van der Waals surface area contributed by atoms with Gasteiger partial charge in [-0.05, 0) is 35.4 Å². The van der Waals surface area contributed by atoms with Crippen molar-refractivity contribution in [1.82, 2.24) is 20.5 Å². The number of fused-ring (bicyclic) bond motifs is 1. The lowest BCUT2D eigenvalue weighted by atomic mass is 10.0. The van der Waals surface area contributed by atoms with Gasteiger partial charge in [-0.3, -0.25) is 19.9 Å². The molecule has 2 aromatic carbocycles. The first kappa shape index (κ1) is 21.9.